The van der Waals surface area contributed by atoms with Gasteiger partial charge in [-0.2, -0.15) is 0 Å². The Balaban J connectivity index is 1.35. The number of nitrogens with zero attached hydrogens (tertiary/aromatic N) is 3. The summed E-state index contributed by atoms with van der Waals surface area (Å²) in [5, 5.41) is 6.43. The van der Waals surface area contributed by atoms with E-state index < -0.39 is 0 Å². The number of hydrogen-bond acceptors (Lipinski definition) is 5. The van der Waals surface area contributed by atoms with E-state index in [1.807, 2.05) is 41.3 Å². The predicted octanol–water partition coefficient (Wildman–Crippen LogP) is 4.42. The molecule has 2 aromatic carbocycles. The highest BCUT2D eigenvalue weighted by Crippen LogP contribution is 2.43. The second-order valence-corrected chi connectivity index (χ2v) is 9.63. The van der Waals surface area contributed by atoms with E-state index in [2.05, 4.69) is 35.0 Å². The standard InChI is InChI=1S/C26H28N4O2S/c31-23-12-7-15-30(23)18-24(32)29-16-13-26(14-17-29,20-8-3-1-4-9-20)22-19-33-25(28-22)27-21-10-5-2-6-11-21/h1-6,8-11,19H,7,12-18H2,(H,27,28). The number of hydrogen-bond donors (Lipinski definition) is 1. The zero-order chi connectivity index (χ0) is 22.7. The Bertz CT molecular complexity index is 1110. The van der Waals surface area contributed by atoms with Gasteiger partial charge in [-0.05, 0) is 37.0 Å². The van der Waals surface area contributed by atoms with E-state index in [0.29, 0.717) is 26.1 Å². The second-order valence-electron chi connectivity index (χ2n) is 8.78. The molecule has 1 N–H and O–H groups in total. The first-order valence-corrected chi connectivity index (χ1v) is 12.4. The molecule has 0 atom stereocenters. The van der Waals surface area contributed by atoms with Crippen molar-refractivity contribution in [1.29, 1.82) is 0 Å². The third-order valence-corrected chi connectivity index (χ3v) is 7.57. The molecule has 2 amide bonds. The highest BCUT2D eigenvalue weighted by Gasteiger charge is 2.41. The van der Waals surface area contributed by atoms with Crippen LogP contribution in [0.4, 0.5) is 10.8 Å². The second kappa shape index (κ2) is 9.35. The average molecular weight is 461 g/mol. The Hall–Kier alpha value is -3.19. The number of thiazole rings is 1. The minimum absolute atomic E-state index is 0.0524. The number of rotatable bonds is 6. The molecule has 7 heteroatoms. The van der Waals surface area contributed by atoms with Crippen molar-refractivity contribution in [2.75, 3.05) is 31.5 Å². The van der Waals surface area contributed by atoms with Gasteiger partial charge < -0.3 is 15.1 Å². The number of para-hydroxylation sites is 1. The van der Waals surface area contributed by atoms with Crippen LogP contribution in [-0.4, -0.2) is 52.8 Å². The summed E-state index contributed by atoms with van der Waals surface area (Å²) >= 11 is 1.61. The van der Waals surface area contributed by atoms with Crippen LogP contribution in [0.25, 0.3) is 0 Å². The molecular formula is C26H28N4O2S. The minimum atomic E-state index is -0.228. The van der Waals surface area contributed by atoms with Crippen molar-refractivity contribution < 1.29 is 9.59 Å². The fourth-order valence-corrected chi connectivity index (χ4v) is 5.75. The van der Waals surface area contributed by atoms with Crippen LogP contribution in [0.5, 0.6) is 0 Å². The molecule has 3 heterocycles. The molecule has 3 aromatic rings. The molecule has 2 aliphatic rings. The summed E-state index contributed by atoms with van der Waals surface area (Å²) in [4.78, 5) is 33.4. The van der Waals surface area contributed by atoms with E-state index in [1.165, 1.54) is 5.56 Å². The summed E-state index contributed by atoms with van der Waals surface area (Å²) in [5.41, 5.74) is 3.08. The Morgan fingerprint density at radius 2 is 1.70 bits per heavy atom. The molecule has 2 saturated heterocycles. The van der Waals surface area contributed by atoms with E-state index in [1.54, 1.807) is 16.2 Å². The van der Waals surface area contributed by atoms with E-state index in [0.717, 1.165) is 35.8 Å². The Kier molecular flexibility index (Phi) is 6.13. The third-order valence-electron chi connectivity index (χ3n) is 6.81. The molecular weight excluding hydrogens is 432 g/mol. The highest BCUT2D eigenvalue weighted by atomic mass is 32.1. The van der Waals surface area contributed by atoms with Gasteiger partial charge in [0.1, 0.15) is 0 Å². The summed E-state index contributed by atoms with van der Waals surface area (Å²) in [6.45, 7) is 2.23. The first-order chi connectivity index (χ1) is 16.1. The third kappa shape index (κ3) is 4.50. The van der Waals surface area contributed by atoms with E-state index in [4.69, 9.17) is 4.98 Å². The lowest BCUT2D eigenvalue weighted by Crippen LogP contribution is -2.49. The normalized spacial score (nSPS) is 17.9. The van der Waals surface area contributed by atoms with Crippen LogP contribution >= 0.6 is 11.3 Å². The lowest BCUT2D eigenvalue weighted by atomic mass is 9.70. The Morgan fingerprint density at radius 1 is 1.00 bits per heavy atom. The molecule has 0 bridgehead atoms. The number of piperidine rings is 1. The van der Waals surface area contributed by atoms with Gasteiger partial charge in [-0.25, -0.2) is 4.98 Å². The van der Waals surface area contributed by atoms with Crippen LogP contribution in [-0.2, 0) is 15.0 Å². The number of carbonyl (C=O) groups excluding carboxylic acids is 2. The minimum Gasteiger partial charge on any atom is -0.341 e. The number of nitrogens with one attached hydrogen (secondary N) is 1. The van der Waals surface area contributed by atoms with Gasteiger partial charge in [0, 0.05) is 42.5 Å². The van der Waals surface area contributed by atoms with Gasteiger partial charge in [-0.3, -0.25) is 9.59 Å². The maximum Gasteiger partial charge on any atom is 0.242 e. The van der Waals surface area contributed by atoms with Gasteiger partial charge in [-0.1, -0.05) is 48.5 Å². The fraction of sp³-hybridized carbons (Fsp3) is 0.346. The van der Waals surface area contributed by atoms with Crippen LogP contribution in [0, 0.1) is 0 Å². The quantitative estimate of drug-likeness (QED) is 0.592. The van der Waals surface area contributed by atoms with Crippen molar-refractivity contribution in [1.82, 2.24) is 14.8 Å². The summed E-state index contributed by atoms with van der Waals surface area (Å²) < 4.78 is 0. The summed E-state index contributed by atoms with van der Waals surface area (Å²) in [5.74, 6) is 0.150. The number of benzene rings is 2. The molecule has 1 aromatic heterocycles. The Morgan fingerprint density at radius 3 is 2.36 bits per heavy atom. The lowest BCUT2D eigenvalue weighted by Gasteiger charge is -2.41. The molecule has 0 aliphatic carbocycles. The molecule has 170 valence electrons. The summed E-state index contributed by atoms with van der Waals surface area (Å²) in [6.07, 6.45) is 3.04. The molecule has 0 saturated carbocycles. The van der Waals surface area contributed by atoms with Crippen molar-refractivity contribution >= 4 is 34.0 Å². The zero-order valence-electron chi connectivity index (χ0n) is 18.6. The largest absolute Gasteiger partial charge is 0.341 e. The van der Waals surface area contributed by atoms with Gasteiger partial charge in [0.25, 0.3) is 0 Å². The molecule has 5 rings (SSSR count). The SMILES string of the molecule is O=C(CN1CCCC1=O)N1CCC(c2ccccc2)(c2csc(Nc3ccccc3)n2)CC1. The number of anilines is 2. The molecule has 2 aliphatic heterocycles. The predicted molar refractivity (Wildman–Crippen MR) is 131 cm³/mol. The maximum atomic E-state index is 12.9. The first-order valence-electron chi connectivity index (χ1n) is 11.5. The topological polar surface area (TPSA) is 65.5 Å². The molecule has 33 heavy (non-hydrogen) atoms. The summed E-state index contributed by atoms with van der Waals surface area (Å²) in [7, 11) is 0. The number of aromatic nitrogens is 1. The first kappa shape index (κ1) is 21.6. The van der Waals surface area contributed by atoms with Crippen molar-refractivity contribution in [3.05, 3.63) is 77.3 Å². The molecule has 0 unspecified atom stereocenters. The van der Waals surface area contributed by atoms with Gasteiger partial charge in [0.15, 0.2) is 5.13 Å². The number of likely N-dealkylation sites (tertiary alicyclic amines) is 2. The van der Waals surface area contributed by atoms with E-state index >= 15 is 0 Å². The van der Waals surface area contributed by atoms with Crippen LogP contribution < -0.4 is 5.32 Å². The molecule has 0 radical (unpaired) electrons. The number of amides is 2. The average Bonchev–Trinajstić information content (AvgIpc) is 3.49. The van der Waals surface area contributed by atoms with Crippen LogP contribution in [0.1, 0.15) is 36.9 Å². The maximum absolute atomic E-state index is 12.9. The van der Waals surface area contributed by atoms with Crippen molar-refractivity contribution in [2.24, 2.45) is 0 Å². The monoisotopic (exact) mass is 460 g/mol. The van der Waals surface area contributed by atoms with Gasteiger partial charge in [0.05, 0.1) is 12.2 Å². The van der Waals surface area contributed by atoms with Crippen molar-refractivity contribution in [3.63, 3.8) is 0 Å². The highest BCUT2D eigenvalue weighted by molar-refractivity contribution is 7.13. The fourth-order valence-electron chi connectivity index (χ4n) is 4.92. The van der Waals surface area contributed by atoms with Gasteiger partial charge >= 0.3 is 0 Å². The Labute approximate surface area is 198 Å². The molecule has 6 nitrogen and oxygen atoms in total. The van der Waals surface area contributed by atoms with Crippen LogP contribution in [0.3, 0.4) is 0 Å². The smallest absolute Gasteiger partial charge is 0.242 e. The molecule has 0 spiro atoms. The van der Waals surface area contributed by atoms with Crippen molar-refractivity contribution in [2.45, 2.75) is 31.1 Å². The van der Waals surface area contributed by atoms with Crippen LogP contribution in [0.15, 0.2) is 66.0 Å². The number of carbonyl (C=O) groups is 2. The van der Waals surface area contributed by atoms with Gasteiger partial charge in [0.2, 0.25) is 11.8 Å². The van der Waals surface area contributed by atoms with E-state index in [-0.39, 0.29) is 23.8 Å². The van der Waals surface area contributed by atoms with Crippen LogP contribution in [0.2, 0.25) is 0 Å². The van der Waals surface area contributed by atoms with Gasteiger partial charge in [-0.15, -0.1) is 11.3 Å². The van der Waals surface area contributed by atoms with E-state index in [9.17, 15) is 9.59 Å². The summed E-state index contributed by atoms with van der Waals surface area (Å²) in [6, 6.07) is 20.6. The molecule has 2 fully saturated rings. The lowest BCUT2D eigenvalue weighted by molar-refractivity contribution is -0.139. The zero-order valence-corrected chi connectivity index (χ0v) is 19.4. The van der Waals surface area contributed by atoms with Crippen molar-refractivity contribution in [3.8, 4) is 0 Å².